The van der Waals surface area contributed by atoms with Gasteiger partial charge in [0.15, 0.2) is 0 Å². The number of ether oxygens (including phenoxy) is 2. The molecule has 0 heterocycles. The molecule has 1 atom stereocenters. The van der Waals surface area contributed by atoms with Gasteiger partial charge in [-0.15, -0.1) is 0 Å². The van der Waals surface area contributed by atoms with Crippen molar-refractivity contribution in [2.24, 2.45) is 5.92 Å². The number of nitrogens with one attached hydrogen (secondary N) is 2. The number of alkyl halides is 2. The number of hydrogen-bond acceptors (Lipinski definition) is 4. The van der Waals surface area contributed by atoms with Crippen LogP contribution in [-0.2, 0) is 16.0 Å². The number of alkyl carbamates (subject to hydrolysis) is 1. The summed E-state index contributed by atoms with van der Waals surface area (Å²) in [6.07, 6.45) is -1.16. The van der Waals surface area contributed by atoms with E-state index in [2.05, 4.69) is 26.6 Å². The molecule has 0 saturated heterocycles. The van der Waals surface area contributed by atoms with Crippen molar-refractivity contribution in [3.05, 3.63) is 28.2 Å². The molecule has 1 aliphatic rings. The van der Waals surface area contributed by atoms with Gasteiger partial charge < -0.3 is 20.1 Å². The van der Waals surface area contributed by atoms with Crippen LogP contribution in [0.3, 0.4) is 0 Å². The van der Waals surface area contributed by atoms with Crippen molar-refractivity contribution in [3.8, 4) is 5.75 Å². The molecule has 29 heavy (non-hydrogen) atoms. The molecule has 0 radical (unpaired) electrons. The highest BCUT2D eigenvalue weighted by molar-refractivity contribution is 9.10. The summed E-state index contributed by atoms with van der Waals surface area (Å²) in [4.78, 5) is 24.7. The van der Waals surface area contributed by atoms with Crippen LogP contribution in [0.15, 0.2) is 22.7 Å². The zero-order valence-electron chi connectivity index (χ0n) is 17.0. The average Bonchev–Trinajstić information content (AvgIpc) is 2.57. The lowest BCUT2D eigenvalue weighted by Gasteiger charge is -2.39. The molecule has 2 N–H and O–H groups in total. The van der Waals surface area contributed by atoms with Crippen molar-refractivity contribution < 1.29 is 27.8 Å². The molecular formula is C20H27BrF2N2O4. The summed E-state index contributed by atoms with van der Waals surface area (Å²) in [5, 5.41) is 5.18. The van der Waals surface area contributed by atoms with E-state index in [0.717, 1.165) is 10.0 Å². The number of carbonyl (C=O) groups is 2. The zero-order chi connectivity index (χ0) is 21.8. The molecule has 2 amide bonds. The number of halogens is 3. The first-order valence-corrected chi connectivity index (χ1v) is 10.2. The third kappa shape index (κ3) is 7.13. The molecule has 1 unspecified atom stereocenters. The van der Waals surface area contributed by atoms with Gasteiger partial charge in [0.2, 0.25) is 11.8 Å². The molecule has 2 rings (SSSR count). The van der Waals surface area contributed by atoms with Crippen molar-refractivity contribution >= 4 is 27.9 Å². The van der Waals surface area contributed by atoms with Gasteiger partial charge in [-0.3, -0.25) is 4.79 Å². The maximum atomic E-state index is 13.3. The molecular weight excluding hydrogens is 450 g/mol. The quantitative estimate of drug-likeness (QED) is 0.622. The van der Waals surface area contributed by atoms with Gasteiger partial charge >= 0.3 is 6.09 Å². The van der Waals surface area contributed by atoms with Gasteiger partial charge in [0.1, 0.15) is 17.4 Å². The monoisotopic (exact) mass is 476 g/mol. The largest absolute Gasteiger partial charge is 0.496 e. The fraction of sp³-hybridized carbons (Fsp3) is 0.600. The van der Waals surface area contributed by atoms with Crippen molar-refractivity contribution in [2.45, 2.75) is 57.6 Å². The number of rotatable bonds is 7. The van der Waals surface area contributed by atoms with Crippen molar-refractivity contribution in [1.82, 2.24) is 10.6 Å². The van der Waals surface area contributed by atoms with Gasteiger partial charge in [-0.25, -0.2) is 13.6 Å². The highest BCUT2D eigenvalue weighted by atomic mass is 79.9. The number of hydrogen-bond donors (Lipinski definition) is 2. The molecule has 9 heteroatoms. The van der Waals surface area contributed by atoms with Crippen molar-refractivity contribution in [2.75, 3.05) is 13.7 Å². The summed E-state index contributed by atoms with van der Waals surface area (Å²) in [6, 6.07) is 4.52. The molecule has 1 aromatic carbocycles. The summed E-state index contributed by atoms with van der Waals surface area (Å²) >= 11 is 3.38. The van der Waals surface area contributed by atoms with Gasteiger partial charge in [0.05, 0.1) is 11.6 Å². The van der Waals surface area contributed by atoms with Crippen LogP contribution in [0, 0.1) is 5.92 Å². The van der Waals surface area contributed by atoms with E-state index in [1.54, 1.807) is 27.9 Å². The van der Waals surface area contributed by atoms with E-state index in [-0.39, 0.29) is 0 Å². The molecule has 1 aromatic rings. The highest BCUT2D eigenvalue weighted by Crippen LogP contribution is 2.44. The lowest BCUT2D eigenvalue weighted by molar-refractivity contribution is -0.139. The Morgan fingerprint density at radius 3 is 2.52 bits per heavy atom. The molecule has 0 bridgehead atoms. The third-order valence-electron chi connectivity index (χ3n) is 4.48. The van der Waals surface area contributed by atoms with Crippen LogP contribution in [0.25, 0.3) is 0 Å². The Kier molecular flexibility index (Phi) is 7.48. The summed E-state index contributed by atoms with van der Waals surface area (Å²) in [5.74, 6) is -3.26. The first kappa shape index (κ1) is 23.4. The van der Waals surface area contributed by atoms with E-state index in [1.807, 2.05) is 18.2 Å². The molecule has 6 nitrogen and oxygen atoms in total. The Balaban J connectivity index is 1.95. The minimum atomic E-state index is -2.80. The van der Waals surface area contributed by atoms with E-state index >= 15 is 0 Å². The van der Waals surface area contributed by atoms with Gasteiger partial charge in [-0.1, -0.05) is 6.07 Å². The smallest absolute Gasteiger partial charge is 0.408 e. The van der Waals surface area contributed by atoms with Gasteiger partial charge in [0.25, 0.3) is 0 Å². The summed E-state index contributed by atoms with van der Waals surface area (Å²) in [7, 11) is 1.56. The normalized spacial score (nSPS) is 17.1. The predicted octanol–water partition coefficient (Wildman–Crippen LogP) is 4.06. The fourth-order valence-electron chi connectivity index (χ4n) is 3.07. The number of amides is 2. The van der Waals surface area contributed by atoms with E-state index in [0.29, 0.717) is 18.7 Å². The van der Waals surface area contributed by atoms with E-state index < -0.39 is 48.3 Å². The van der Waals surface area contributed by atoms with E-state index in [9.17, 15) is 18.4 Å². The first-order chi connectivity index (χ1) is 13.4. The Labute approximate surface area is 177 Å². The third-order valence-corrected chi connectivity index (χ3v) is 5.13. The number of methoxy groups -OCH3 is 1. The maximum absolute atomic E-state index is 13.3. The van der Waals surface area contributed by atoms with Crippen LogP contribution in [0.2, 0.25) is 0 Å². The Hall–Kier alpha value is -1.90. The van der Waals surface area contributed by atoms with Crippen molar-refractivity contribution in [3.63, 3.8) is 0 Å². The molecule has 162 valence electrons. The topological polar surface area (TPSA) is 76.7 Å². The van der Waals surface area contributed by atoms with Crippen LogP contribution < -0.4 is 15.4 Å². The standard InChI is InChI=1S/C20H27BrF2N2O4/c1-19(2,3)29-18(27)25-16(13-10-20(22,23)11-13)17(26)24-8-7-12-5-6-14(21)15(9-12)28-4/h5-6,9,13,16H,7-8,10-11H2,1-4H3,(H,24,26)(H,25,27). The molecule has 0 aliphatic heterocycles. The van der Waals surface area contributed by atoms with Crippen LogP contribution in [0.4, 0.5) is 13.6 Å². The molecule has 1 aliphatic carbocycles. The fourth-order valence-corrected chi connectivity index (χ4v) is 3.48. The lowest BCUT2D eigenvalue weighted by Crippen LogP contribution is -2.57. The highest BCUT2D eigenvalue weighted by Gasteiger charge is 2.51. The minimum absolute atomic E-state index is 0.291. The number of benzene rings is 1. The Morgan fingerprint density at radius 1 is 1.31 bits per heavy atom. The van der Waals surface area contributed by atoms with Crippen LogP contribution in [-0.4, -0.2) is 43.2 Å². The predicted molar refractivity (Wildman–Crippen MR) is 108 cm³/mol. The van der Waals surface area contributed by atoms with E-state index in [1.165, 1.54) is 0 Å². The van der Waals surface area contributed by atoms with Crippen molar-refractivity contribution in [1.29, 1.82) is 0 Å². The second-order valence-electron chi connectivity index (χ2n) is 8.16. The summed E-state index contributed by atoms with van der Waals surface area (Å²) in [5.41, 5.74) is 0.187. The van der Waals surface area contributed by atoms with E-state index in [4.69, 9.17) is 9.47 Å². The number of carbonyl (C=O) groups excluding carboxylic acids is 2. The zero-order valence-corrected chi connectivity index (χ0v) is 18.6. The average molecular weight is 477 g/mol. The Morgan fingerprint density at radius 2 is 1.97 bits per heavy atom. The minimum Gasteiger partial charge on any atom is -0.496 e. The van der Waals surface area contributed by atoms with Crippen LogP contribution >= 0.6 is 15.9 Å². The second kappa shape index (κ2) is 9.28. The van der Waals surface area contributed by atoms with Gasteiger partial charge in [-0.05, 0) is 66.7 Å². The lowest BCUT2D eigenvalue weighted by atomic mass is 9.76. The molecule has 1 saturated carbocycles. The molecule has 0 aromatic heterocycles. The van der Waals surface area contributed by atoms with Crippen LogP contribution in [0.5, 0.6) is 5.75 Å². The Bertz CT molecular complexity index is 744. The molecule has 0 spiro atoms. The SMILES string of the molecule is COc1cc(CCNC(=O)C(NC(=O)OC(C)(C)C)C2CC(F)(F)C2)ccc1Br. The van der Waals surface area contributed by atoms with Gasteiger partial charge in [-0.2, -0.15) is 0 Å². The van der Waals surface area contributed by atoms with Gasteiger partial charge in [0, 0.05) is 19.4 Å². The molecule has 1 fully saturated rings. The van der Waals surface area contributed by atoms with Crippen LogP contribution in [0.1, 0.15) is 39.2 Å². The maximum Gasteiger partial charge on any atom is 0.408 e. The second-order valence-corrected chi connectivity index (χ2v) is 9.01. The first-order valence-electron chi connectivity index (χ1n) is 9.38. The summed E-state index contributed by atoms with van der Waals surface area (Å²) < 4.78 is 37.8. The summed E-state index contributed by atoms with van der Waals surface area (Å²) in [6.45, 7) is 5.35.